The first-order valence-electron chi connectivity index (χ1n) is 11.6. The Morgan fingerprint density at radius 1 is 1.20 bits per heavy atom. The molecule has 0 bridgehead atoms. The minimum Gasteiger partial charge on any atom is -0.345 e. The normalized spacial score (nSPS) is 14.6. The zero-order chi connectivity index (χ0) is 24.7. The van der Waals surface area contributed by atoms with E-state index in [0.717, 1.165) is 29.8 Å². The van der Waals surface area contributed by atoms with Gasteiger partial charge < -0.3 is 9.88 Å². The number of amides is 1. The van der Waals surface area contributed by atoms with Crippen molar-refractivity contribution in [3.8, 4) is 0 Å². The molecule has 1 N–H and O–H groups in total. The molecule has 35 heavy (non-hydrogen) atoms. The molecule has 1 aliphatic rings. The molecular weight excluding hydrogens is 468 g/mol. The lowest BCUT2D eigenvalue weighted by Gasteiger charge is -2.35. The summed E-state index contributed by atoms with van der Waals surface area (Å²) in [5.74, 6) is -1.25. The Labute approximate surface area is 205 Å². The van der Waals surface area contributed by atoms with Crippen LogP contribution in [0.1, 0.15) is 57.5 Å². The maximum absolute atomic E-state index is 14.9. The molecule has 0 aliphatic heterocycles. The average molecular weight is 494 g/mol. The van der Waals surface area contributed by atoms with E-state index in [2.05, 4.69) is 10.3 Å². The third-order valence-corrected chi connectivity index (χ3v) is 7.92. The topological polar surface area (TPSA) is 64.0 Å². The summed E-state index contributed by atoms with van der Waals surface area (Å²) in [6.07, 6.45) is 2.92. The molecule has 1 aliphatic carbocycles. The van der Waals surface area contributed by atoms with E-state index in [1.165, 1.54) is 40.2 Å². The quantitative estimate of drug-likeness (QED) is 0.376. The number of pyridine rings is 1. The molecule has 1 atom stereocenters. The van der Waals surface area contributed by atoms with E-state index < -0.39 is 17.3 Å². The van der Waals surface area contributed by atoms with Gasteiger partial charge in [-0.05, 0) is 56.4 Å². The number of carbonyl (C=O) groups excluding carboxylic acids is 1. The van der Waals surface area contributed by atoms with Crippen LogP contribution < -0.4 is 10.9 Å². The molecular formula is C27H25F2N3O2S. The molecule has 0 radical (unpaired) electrons. The number of hydrogen-bond acceptors (Lipinski definition) is 4. The first-order chi connectivity index (χ1) is 16.8. The van der Waals surface area contributed by atoms with Crippen LogP contribution in [0.2, 0.25) is 0 Å². The summed E-state index contributed by atoms with van der Waals surface area (Å²) >= 11 is 1.41. The minimum atomic E-state index is -0.669. The van der Waals surface area contributed by atoms with Gasteiger partial charge in [-0.15, -0.1) is 11.3 Å². The predicted octanol–water partition coefficient (Wildman–Crippen LogP) is 5.67. The standard InChI is InChI=1S/C27H25F2N3O2S/c1-15-22(35-14-30-15)13-32-16(2)23(20-10-5-11-21(29)24(20)27(32)34)26(33)31-25(17-6-3-7-17)18-8-4-9-19(28)12-18/h4-5,8-12,14,17,25H,3,6-7,13H2,1-2H3,(H,31,33)/t25-/m0/s1. The molecule has 1 saturated carbocycles. The number of fused-ring (bicyclic) bond motifs is 1. The van der Waals surface area contributed by atoms with Gasteiger partial charge in [0, 0.05) is 16.0 Å². The molecule has 5 nitrogen and oxygen atoms in total. The van der Waals surface area contributed by atoms with Crippen molar-refractivity contribution in [3.05, 3.63) is 97.4 Å². The predicted molar refractivity (Wildman–Crippen MR) is 133 cm³/mol. The summed E-state index contributed by atoms with van der Waals surface area (Å²) < 4.78 is 30.4. The maximum Gasteiger partial charge on any atom is 0.261 e. The fourth-order valence-corrected chi connectivity index (χ4v) is 5.59. The lowest BCUT2D eigenvalue weighted by molar-refractivity contribution is 0.0900. The number of benzene rings is 2. The molecule has 2 aromatic carbocycles. The molecule has 4 aromatic rings. The zero-order valence-electron chi connectivity index (χ0n) is 19.5. The van der Waals surface area contributed by atoms with Crippen LogP contribution in [0.25, 0.3) is 10.8 Å². The van der Waals surface area contributed by atoms with Crippen LogP contribution in [0, 0.1) is 31.4 Å². The number of aryl methyl sites for hydroxylation is 1. The second kappa shape index (κ2) is 9.34. The molecule has 5 rings (SSSR count). The van der Waals surface area contributed by atoms with Crippen molar-refractivity contribution in [2.24, 2.45) is 5.92 Å². The Hall–Kier alpha value is -3.39. The summed E-state index contributed by atoms with van der Waals surface area (Å²) in [4.78, 5) is 32.3. The van der Waals surface area contributed by atoms with Crippen molar-refractivity contribution in [1.29, 1.82) is 0 Å². The van der Waals surface area contributed by atoms with E-state index in [9.17, 15) is 18.4 Å². The monoisotopic (exact) mass is 493 g/mol. The smallest absolute Gasteiger partial charge is 0.261 e. The molecule has 8 heteroatoms. The largest absolute Gasteiger partial charge is 0.345 e. The summed E-state index contributed by atoms with van der Waals surface area (Å²) in [6.45, 7) is 3.75. The highest BCUT2D eigenvalue weighted by Gasteiger charge is 2.32. The number of rotatable bonds is 6. The highest BCUT2D eigenvalue weighted by Crippen LogP contribution is 2.38. The fraction of sp³-hybridized carbons (Fsp3) is 0.296. The van der Waals surface area contributed by atoms with E-state index in [0.29, 0.717) is 11.3 Å². The number of nitrogens with one attached hydrogen (secondary N) is 1. The van der Waals surface area contributed by atoms with E-state index in [4.69, 9.17) is 0 Å². The number of halogens is 2. The van der Waals surface area contributed by atoms with Gasteiger partial charge in [0.1, 0.15) is 11.6 Å². The van der Waals surface area contributed by atoms with Gasteiger partial charge in [0.2, 0.25) is 0 Å². The molecule has 180 valence electrons. The van der Waals surface area contributed by atoms with Crippen LogP contribution in [0.4, 0.5) is 8.78 Å². The Morgan fingerprint density at radius 3 is 2.63 bits per heavy atom. The second-order valence-corrected chi connectivity index (χ2v) is 10.0. The summed E-state index contributed by atoms with van der Waals surface area (Å²) in [5.41, 5.74) is 3.40. The van der Waals surface area contributed by atoms with Crippen molar-refractivity contribution < 1.29 is 13.6 Å². The van der Waals surface area contributed by atoms with Crippen LogP contribution in [0.3, 0.4) is 0 Å². The molecule has 0 unspecified atom stereocenters. The third kappa shape index (κ3) is 4.27. The lowest BCUT2D eigenvalue weighted by atomic mass is 9.77. The Kier molecular flexibility index (Phi) is 6.23. The van der Waals surface area contributed by atoms with Crippen molar-refractivity contribution in [3.63, 3.8) is 0 Å². The number of aromatic nitrogens is 2. The van der Waals surface area contributed by atoms with E-state index in [1.54, 1.807) is 24.6 Å². The lowest BCUT2D eigenvalue weighted by Crippen LogP contribution is -2.38. The van der Waals surface area contributed by atoms with Crippen molar-refractivity contribution in [2.45, 2.75) is 45.7 Å². The van der Waals surface area contributed by atoms with E-state index in [1.807, 2.05) is 13.0 Å². The van der Waals surface area contributed by atoms with E-state index in [-0.39, 0.29) is 40.7 Å². The average Bonchev–Trinajstić information content (AvgIpc) is 3.19. The van der Waals surface area contributed by atoms with Gasteiger partial charge in [-0.25, -0.2) is 13.8 Å². The van der Waals surface area contributed by atoms with Gasteiger partial charge in [0.15, 0.2) is 0 Å². The summed E-state index contributed by atoms with van der Waals surface area (Å²) in [6, 6.07) is 10.2. The van der Waals surface area contributed by atoms with Crippen LogP contribution in [0.15, 0.2) is 52.8 Å². The Balaban J connectivity index is 1.63. The molecule has 1 fully saturated rings. The number of hydrogen-bond donors (Lipinski definition) is 1. The van der Waals surface area contributed by atoms with Crippen molar-refractivity contribution in [1.82, 2.24) is 14.9 Å². The molecule has 2 aromatic heterocycles. The molecule has 2 heterocycles. The van der Waals surface area contributed by atoms with Gasteiger partial charge in [-0.2, -0.15) is 0 Å². The van der Waals surface area contributed by atoms with Crippen LogP contribution in [0.5, 0.6) is 0 Å². The van der Waals surface area contributed by atoms with Crippen LogP contribution in [-0.4, -0.2) is 15.5 Å². The summed E-state index contributed by atoms with van der Waals surface area (Å²) in [7, 11) is 0. The van der Waals surface area contributed by atoms with E-state index >= 15 is 0 Å². The molecule has 0 saturated heterocycles. The Bertz CT molecular complexity index is 1490. The fourth-order valence-electron chi connectivity index (χ4n) is 4.83. The molecule has 0 spiro atoms. The van der Waals surface area contributed by atoms with Gasteiger partial charge >= 0.3 is 0 Å². The Morgan fingerprint density at radius 2 is 1.97 bits per heavy atom. The first-order valence-corrected chi connectivity index (χ1v) is 12.5. The van der Waals surface area contributed by atoms with Gasteiger partial charge in [-0.1, -0.05) is 30.7 Å². The minimum absolute atomic E-state index is 0.114. The van der Waals surface area contributed by atoms with Crippen molar-refractivity contribution >= 4 is 28.0 Å². The van der Waals surface area contributed by atoms with Gasteiger partial charge in [0.05, 0.1) is 34.7 Å². The highest BCUT2D eigenvalue weighted by molar-refractivity contribution is 7.09. The zero-order valence-corrected chi connectivity index (χ0v) is 20.3. The number of nitrogens with zero attached hydrogens (tertiary/aromatic N) is 2. The van der Waals surface area contributed by atoms with Crippen LogP contribution in [-0.2, 0) is 6.54 Å². The third-order valence-electron chi connectivity index (χ3n) is 7.00. The first kappa shape index (κ1) is 23.4. The highest BCUT2D eigenvalue weighted by atomic mass is 32.1. The summed E-state index contributed by atoms with van der Waals surface area (Å²) in [5, 5.41) is 3.25. The molecule has 1 amide bonds. The van der Waals surface area contributed by atoms with Crippen molar-refractivity contribution in [2.75, 3.05) is 0 Å². The number of carbonyl (C=O) groups is 1. The van der Waals surface area contributed by atoms with Gasteiger partial charge in [0.25, 0.3) is 11.5 Å². The maximum atomic E-state index is 14.9. The second-order valence-electron chi connectivity index (χ2n) is 9.07. The number of thiazole rings is 1. The van der Waals surface area contributed by atoms with Gasteiger partial charge in [-0.3, -0.25) is 9.59 Å². The van der Waals surface area contributed by atoms with Crippen LogP contribution >= 0.6 is 11.3 Å². The SMILES string of the molecule is Cc1ncsc1Cn1c(C)c(C(=O)N[C@H](c2cccc(F)c2)C2CCC2)c2cccc(F)c2c1=O.